The van der Waals surface area contributed by atoms with Crippen molar-refractivity contribution in [2.45, 2.75) is 25.4 Å². The molecule has 0 aromatic carbocycles. The number of nitrogens with one attached hydrogen (secondary N) is 2. The largest absolute Gasteiger partial charge is 0.391 e. The van der Waals surface area contributed by atoms with Gasteiger partial charge in [0.25, 0.3) is 0 Å². The van der Waals surface area contributed by atoms with Crippen molar-refractivity contribution in [3.8, 4) is 0 Å². The molecule has 1 spiro atoms. The summed E-state index contributed by atoms with van der Waals surface area (Å²) in [4.78, 5) is 11.7. The van der Waals surface area contributed by atoms with Crippen LogP contribution in [0.25, 0.3) is 0 Å². The van der Waals surface area contributed by atoms with Crippen LogP contribution in [-0.4, -0.2) is 36.8 Å². The normalized spacial score (nSPS) is 28.6. The smallest absolute Gasteiger partial charge is 0.226 e. The van der Waals surface area contributed by atoms with Crippen LogP contribution in [0.4, 0.5) is 0 Å². The molecule has 2 saturated heterocycles. The van der Waals surface area contributed by atoms with Crippen molar-refractivity contribution in [1.82, 2.24) is 10.6 Å². The second-order valence-corrected chi connectivity index (χ2v) is 4.10. The van der Waals surface area contributed by atoms with Gasteiger partial charge in [-0.15, -0.1) is 24.8 Å². The summed E-state index contributed by atoms with van der Waals surface area (Å²) in [6.07, 6.45) is 2.00. The van der Waals surface area contributed by atoms with E-state index in [1.54, 1.807) is 0 Å². The van der Waals surface area contributed by atoms with E-state index in [0.29, 0.717) is 13.0 Å². The van der Waals surface area contributed by atoms with Gasteiger partial charge in [0.15, 0.2) is 0 Å². The fraction of sp³-hybridized carbons (Fsp3) is 0.889. The van der Waals surface area contributed by atoms with Crippen molar-refractivity contribution < 1.29 is 9.90 Å². The molecule has 1 unspecified atom stereocenters. The molecule has 0 saturated carbocycles. The minimum absolute atomic E-state index is 0. The highest BCUT2D eigenvalue weighted by molar-refractivity contribution is 5.85. The number of carbonyl (C=O) groups excluding carboxylic acids is 1. The van der Waals surface area contributed by atoms with E-state index in [9.17, 15) is 9.90 Å². The Kier molecular flexibility index (Phi) is 5.88. The quantitative estimate of drug-likeness (QED) is 0.576. The highest BCUT2D eigenvalue weighted by atomic mass is 35.5. The lowest BCUT2D eigenvalue weighted by atomic mass is 9.72. The second-order valence-electron chi connectivity index (χ2n) is 4.10. The Bertz CT molecular complexity index is 220. The van der Waals surface area contributed by atoms with Crippen LogP contribution in [0.1, 0.15) is 19.3 Å². The van der Waals surface area contributed by atoms with Gasteiger partial charge in [-0.2, -0.15) is 0 Å². The number of hydrogen-bond donors (Lipinski definition) is 3. The van der Waals surface area contributed by atoms with Gasteiger partial charge in [-0.1, -0.05) is 0 Å². The predicted octanol–water partition coefficient (Wildman–Crippen LogP) is 0.0806. The third-order valence-corrected chi connectivity index (χ3v) is 3.17. The van der Waals surface area contributed by atoms with Crippen molar-refractivity contribution >= 4 is 30.7 Å². The molecule has 6 heteroatoms. The number of amides is 1. The van der Waals surface area contributed by atoms with Gasteiger partial charge >= 0.3 is 0 Å². The number of rotatable bonds is 0. The Hall–Kier alpha value is -0.0300. The summed E-state index contributed by atoms with van der Waals surface area (Å²) >= 11 is 0. The van der Waals surface area contributed by atoms with Gasteiger partial charge in [-0.25, -0.2) is 0 Å². The molecule has 1 atom stereocenters. The van der Waals surface area contributed by atoms with Crippen molar-refractivity contribution in [1.29, 1.82) is 0 Å². The monoisotopic (exact) mass is 256 g/mol. The summed E-state index contributed by atoms with van der Waals surface area (Å²) in [5.74, 6) is 0.138. The highest BCUT2D eigenvalue weighted by Gasteiger charge is 2.43. The van der Waals surface area contributed by atoms with Crippen LogP contribution in [0.2, 0.25) is 0 Å². The van der Waals surface area contributed by atoms with Crippen LogP contribution in [0, 0.1) is 5.41 Å². The maximum absolute atomic E-state index is 11.7. The van der Waals surface area contributed by atoms with Gasteiger partial charge in [0.05, 0.1) is 11.5 Å². The number of aliphatic hydroxyl groups is 1. The van der Waals surface area contributed by atoms with E-state index in [1.165, 1.54) is 0 Å². The van der Waals surface area contributed by atoms with E-state index in [2.05, 4.69) is 10.6 Å². The summed E-state index contributed by atoms with van der Waals surface area (Å²) in [5, 5.41) is 15.5. The Morgan fingerprint density at radius 1 is 1.27 bits per heavy atom. The first kappa shape index (κ1) is 15.0. The van der Waals surface area contributed by atoms with Crippen LogP contribution in [-0.2, 0) is 4.79 Å². The number of hydrogen-bond acceptors (Lipinski definition) is 3. The molecule has 0 aliphatic carbocycles. The van der Waals surface area contributed by atoms with Crippen LogP contribution in [0.3, 0.4) is 0 Å². The van der Waals surface area contributed by atoms with Crippen LogP contribution in [0.5, 0.6) is 0 Å². The zero-order valence-corrected chi connectivity index (χ0v) is 10.1. The average Bonchev–Trinajstić information content (AvgIpc) is 2.14. The van der Waals surface area contributed by atoms with Crippen molar-refractivity contribution in [3.63, 3.8) is 0 Å². The molecule has 4 nitrogen and oxygen atoms in total. The molecule has 0 aromatic heterocycles. The number of piperidine rings is 2. The Morgan fingerprint density at radius 3 is 2.47 bits per heavy atom. The molecule has 15 heavy (non-hydrogen) atoms. The van der Waals surface area contributed by atoms with E-state index >= 15 is 0 Å². The SMILES string of the molecule is Cl.Cl.O=C1NCC(O)CC12CCNCC2. The summed E-state index contributed by atoms with van der Waals surface area (Å²) in [7, 11) is 0. The number of carbonyl (C=O) groups is 1. The van der Waals surface area contributed by atoms with Gasteiger partial charge in [0, 0.05) is 6.54 Å². The molecule has 0 aromatic rings. The standard InChI is InChI=1S/C9H16N2O2.2ClH/c12-7-5-9(8(13)11-6-7)1-3-10-4-2-9;;/h7,10,12H,1-6H2,(H,11,13);2*1H. The minimum Gasteiger partial charge on any atom is -0.391 e. The first-order chi connectivity index (χ1) is 6.23. The predicted molar refractivity (Wildman–Crippen MR) is 62.7 cm³/mol. The first-order valence-corrected chi connectivity index (χ1v) is 4.90. The summed E-state index contributed by atoms with van der Waals surface area (Å²) in [5.41, 5.74) is -0.275. The number of aliphatic hydroxyl groups excluding tert-OH is 1. The Balaban J connectivity index is 0.000000980. The number of halogens is 2. The molecule has 3 N–H and O–H groups in total. The minimum atomic E-state index is -0.351. The summed E-state index contributed by atoms with van der Waals surface area (Å²) in [6.45, 7) is 2.20. The fourth-order valence-corrected chi connectivity index (χ4v) is 2.35. The molecule has 2 aliphatic heterocycles. The van der Waals surface area contributed by atoms with E-state index in [4.69, 9.17) is 0 Å². The zero-order chi connectivity index (χ0) is 9.31. The van der Waals surface area contributed by atoms with Gasteiger partial charge in [0.2, 0.25) is 5.91 Å². The zero-order valence-electron chi connectivity index (χ0n) is 8.49. The molecule has 0 radical (unpaired) electrons. The maximum atomic E-state index is 11.7. The molecule has 2 heterocycles. The van der Waals surface area contributed by atoms with E-state index in [-0.39, 0.29) is 42.2 Å². The van der Waals surface area contributed by atoms with Crippen molar-refractivity contribution in [2.24, 2.45) is 5.41 Å². The number of β-amino-alcohol motifs (C(OH)–C–C–N with tert-alkyl or cyclic N) is 1. The van der Waals surface area contributed by atoms with E-state index < -0.39 is 0 Å². The Morgan fingerprint density at radius 2 is 1.87 bits per heavy atom. The maximum Gasteiger partial charge on any atom is 0.226 e. The van der Waals surface area contributed by atoms with Crippen LogP contribution in [0.15, 0.2) is 0 Å². The lowest BCUT2D eigenvalue weighted by Gasteiger charge is -2.41. The van der Waals surface area contributed by atoms with Gasteiger partial charge in [-0.3, -0.25) is 4.79 Å². The van der Waals surface area contributed by atoms with Crippen molar-refractivity contribution in [3.05, 3.63) is 0 Å². The van der Waals surface area contributed by atoms with E-state index in [1.807, 2.05) is 0 Å². The first-order valence-electron chi connectivity index (χ1n) is 4.90. The molecule has 2 fully saturated rings. The highest BCUT2D eigenvalue weighted by Crippen LogP contribution is 2.36. The average molecular weight is 257 g/mol. The molecular weight excluding hydrogens is 239 g/mol. The molecule has 2 aliphatic rings. The van der Waals surface area contributed by atoms with Crippen LogP contribution < -0.4 is 10.6 Å². The second kappa shape index (κ2) is 5.89. The van der Waals surface area contributed by atoms with Crippen molar-refractivity contribution in [2.75, 3.05) is 19.6 Å². The topological polar surface area (TPSA) is 61.4 Å². The van der Waals surface area contributed by atoms with Gasteiger partial charge < -0.3 is 15.7 Å². The van der Waals surface area contributed by atoms with Gasteiger partial charge in [-0.05, 0) is 32.4 Å². The Labute approximate surface area is 102 Å². The molecule has 90 valence electrons. The summed E-state index contributed by atoms with van der Waals surface area (Å²) in [6, 6.07) is 0. The van der Waals surface area contributed by atoms with Gasteiger partial charge in [0.1, 0.15) is 0 Å². The molecule has 0 bridgehead atoms. The van der Waals surface area contributed by atoms with E-state index in [0.717, 1.165) is 25.9 Å². The lowest BCUT2D eigenvalue weighted by molar-refractivity contribution is -0.139. The molecule has 2 rings (SSSR count). The molecule has 1 amide bonds. The lowest BCUT2D eigenvalue weighted by Crippen LogP contribution is -2.55. The third kappa shape index (κ3) is 2.97. The van der Waals surface area contributed by atoms with Crippen LogP contribution >= 0.6 is 24.8 Å². The summed E-state index contributed by atoms with van der Waals surface area (Å²) < 4.78 is 0. The fourth-order valence-electron chi connectivity index (χ4n) is 2.35. The third-order valence-electron chi connectivity index (χ3n) is 3.17. The molecular formula is C9H18Cl2N2O2.